The summed E-state index contributed by atoms with van der Waals surface area (Å²) in [6.07, 6.45) is 0. The summed E-state index contributed by atoms with van der Waals surface area (Å²) in [6, 6.07) is 11.1. The molecule has 3 rings (SSSR count). The van der Waals surface area contributed by atoms with E-state index in [1.165, 1.54) is 34.3 Å². The molecule has 23 heavy (non-hydrogen) atoms. The van der Waals surface area contributed by atoms with Crippen LogP contribution in [0.2, 0.25) is 5.02 Å². The lowest BCUT2D eigenvalue weighted by Crippen LogP contribution is -1.93. The van der Waals surface area contributed by atoms with E-state index in [9.17, 15) is 4.39 Å². The van der Waals surface area contributed by atoms with E-state index in [0.29, 0.717) is 16.3 Å². The summed E-state index contributed by atoms with van der Waals surface area (Å²) >= 11 is 7.60. The molecule has 0 aliphatic rings. The molecule has 0 fully saturated rings. The number of hydrogen-bond acceptors (Lipinski definition) is 2. The molecule has 0 aliphatic heterocycles. The van der Waals surface area contributed by atoms with Crippen molar-refractivity contribution in [2.45, 2.75) is 31.6 Å². The Kier molecular flexibility index (Phi) is 4.60. The third-order valence-electron chi connectivity index (χ3n) is 3.86. The van der Waals surface area contributed by atoms with Gasteiger partial charge in [-0.3, -0.25) is 0 Å². The van der Waals surface area contributed by atoms with Crippen molar-refractivity contribution in [1.82, 2.24) is 4.98 Å². The largest absolute Gasteiger partial charge is 0.241 e. The zero-order valence-corrected chi connectivity index (χ0v) is 14.9. The van der Waals surface area contributed by atoms with Crippen LogP contribution in [0.1, 0.15) is 22.3 Å². The second kappa shape index (κ2) is 6.50. The lowest BCUT2D eigenvalue weighted by Gasteiger charge is -2.10. The highest BCUT2D eigenvalue weighted by molar-refractivity contribution is 7.98. The zero-order chi connectivity index (χ0) is 16.6. The van der Waals surface area contributed by atoms with Gasteiger partial charge in [0.1, 0.15) is 5.82 Å². The van der Waals surface area contributed by atoms with Crippen molar-refractivity contribution in [1.29, 1.82) is 0 Å². The van der Waals surface area contributed by atoms with Crippen molar-refractivity contribution in [2.75, 3.05) is 0 Å². The summed E-state index contributed by atoms with van der Waals surface area (Å²) in [5.41, 5.74) is 5.12. The van der Waals surface area contributed by atoms with Crippen molar-refractivity contribution in [3.8, 4) is 0 Å². The maximum Gasteiger partial charge on any atom is 0.128 e. The molecule has 1 heterocycles. The molecule has 1 nitrogen and oxygen atoms in total. The average molecular weight is 346 g/mol. The van der Waals surface area contributed by atoms with Crippen LogP contribution in [-0.4, -0.2) is 4.98 Å². The molecule has 2 aromatic carbocycles. The summed E-state index contributed by atoms with van der Waals surface area (Å²) in [4.78, 5) is 4.75. The van der Waals surface area contributed by atoms with Gasteiger partial charge in [-0.05, 0) is 56.2 Å². The standard InChI is InChI=1S/C19H17ClFNS/c1-11-7-13(3)19-14(8-11)12(2)9-18(22-19)23-10-15-16(20)5-4-6-17(15)21/h4-9H,10H2,1-3H3. The average Bonchev–Trinajstić information content (AvgIpc) is 2.48. The minimum absolute atomic E-state index is 0.269. The highest BCUT2D eigenvalue weighted by Gasteiger charge is 2.10. The molecule has 0 saturated heterocycles. The van der Waals surface area contributed by atoms with Gasteiger partial charge in [-0.2, -0.15) is 0 Å². The van der Waals surface area contributed by atoms with Crippen LogP contribution in [0.3, 0.4) is 0 Å². The number of thioether (sulfide) groups is 1. The van der Waals surface area contributed by atoms with E-state index in [1.807, 2.05) is 0 Å². The third kappa shape index (κ3) is 3.36. The van der Waals surface area contributed by atoms with E-state index in [4.69, 9.17) is 16.6 Å². The molecular formula is C19H17ClFNS. The SMILES string of the molecule is Cc1cc(C)c2nc(SCc3c(F)cccc3Cl)cc(C)c2c1. The Morgan fingerprint density at radius 3 is 2.61 bits per heavy atom. The summed E-state index contributed by atoms with van der Waals surface area (Å²) in [6.45, 7) is 6.25. The number of nitrogens with zero attached hydrogens (tertiary/aromatic N) is 1. The first-order chi connectivity index (χ1) is 11.0. The Labute approximate surface area is 144 Å². The molecule has 0 unspecified atom stereocenters. The number of aryl methyl sites for hydroxylation is 3. The maximum atomic E-state index is 13.9. The molecule has 0 bridgehead atoms. The fourth-order valence-electron chi connectivity index (χ4n) is 2.70. The number of pyridine rings is 1. The van der Waals surface area contributed by atoms with E-state index in [0.717, 1.165) is 16.1 Å². The molecule has 0 aliphatic carbocycles. The molecule has 0 N–H and O–H groups in total. The van der Waals surface area contributed by atoms with Gasteiger partial charge in [-0.1, -0.05) is 29.3 Å². The summed E-state index contributed by atoms with van der Waals surface area (Å²) in [5, 5.41) is 2.53. The van der Waals surface area contributed by atoms with E-state index >= 15 is 0 Å². The van der Waals surface area contributed by atoms with Gasteiger partial charge in [0.2, 0.25) is 0 Å². The first kappa shape index (κ1) is 16.3. The Morgan fingerprint density at radius 1 is 1.09 bits per heavy atom. The van der Waals surface area contributed by atoms with E-state index in [2.05, 4.69) is 39.0 Å². The number of rotatable bonds is 3. The van der Waals surface area contributed by atoms with Crippen LogP contribution in [0.15, 0.2) is 41.4 Å². The number of halogens is 2. The van der Waals surface area contributed by atoms with Crippen molar-refractivity contribution < 1.29 is 4.39 Å². The van der Waals surface area contributed by atoms with Crippen molar-refractivity contribution in [2.24, 2.45) is 0 Å². The number of aromatic nitrogens is 1. The van der Waals surface area contributed by atoms with Crippen LogP contribution in [0.4, 0.5) is 4.39 Å². The van der Waals surface area contributed by atoms with Gasteiger partial charge in [0.15, 0.2) is 0 Å². The normalized spacial score (nSPS) is 11.2. The molecule has 118 valence electrons. The summed E-state index contributed by atoms with van der Waals surface area (Å²) < 4.78 is 13.9. The first-order valence-corrected chi connectivity index (χ1v) is 8.76. The second-order valence-electron chi connectivity index (χ2n) is 5.74. The molecule has 1 aromatic heterocycles. The Balaban J connectivity index is 1.95. The number of benzene rings is 2. The monoisotopic (exact) mass is 345 g/mol. The molecule has 3 aromatic rings. The Morgan fingerprint density at radius 2 is 1.87 bits per heavy atom. The lowest BCUT2D eigenvalue weighted by molar-refractivity contribution is 0.617. The zero-order valence-electron chi connectivity index (χ0n) is 13.3. The smallest absolute Gasteiger partial charge is 0.128 e. The van der Waals surface area contributed by atoms with Crippen LogP contribution in [0.5, 0.6) is 0 Å². The highest BCUT2D eigenvalue weighted by Crippen LogP contribution is 2.31. The van der Waals surface area contributed by atoms with E-state index in [-0.39, 0.29) is 5.82 Å². The minimum atomic E-state index is -0.269. The molecule has 4 heteroatoms. The van der Waals surface area contributed by atoms with Crippen molar-refractivity contribution >= 4 is 34.3 Å². The van der Waals surface area contributed by atoms with E-state index in [1.54, 1.807) is 12.1 Å². The first-order valence-electron chi connectivity index (χ1n) is 7.40. The topological polar surface area (TPSA) is 12.9 Å². The third-order valence-corrected chi connectivity index (χ3v) is 5.15. The Bertz CT molecular complexity index is 872. The minimum Gasteiger partial charge on any atom is -0.241 e. The van der Waals surface area contributed by atoms with Gasteiger partial charge in [0.05, 0.1) is 10.5 Å². The molecule has 0 radical (unpaired) electrons. The van der Waals surface area contributed by atoms with Gasteiger partial charge in [-0.25, -0.2) is 9.37 Å². The van der Waals surface area contributed by atoms with Crippen molar-refractivity contribution in [3.05, 3.63) is 69.5 Å². The van der Waals surface area contributed by atoms with Crippen LogP contribution >= 0.6 is 23.4 Å². The van der Waals surface area contributed by atoms with Crippen LogP contribution < -0.4 is 0 Å². The highest BCUT2D eigenvalue weighted by atomic mass is 35.5. The summed E-state index contributed by atoms with van der Waals surface area (Å²) in [5.74, 6) is 0.197. The van der Waals surface area contributed by atoms with Gasteiger partial charge >= 0.3 is 0 Å². The maximum absolute atomic E-state index is 13.9. The fourth-order valence-corrected chi connectivity index (χ4v) is 4.02. The predicted molar refractivity (Wildman–Crippen MR) is 96.9 cm³/mol. The van der Waals surface area contributed by atoms with Gasteiger partial charge in [0.25, 0.3) is 0 Å². The van der Waals surface area contributed by atoms with Crippen LogP contribution in [0.25, 0.3) is 10.9 Å². The molecule has 0 saturated carbocycles. The Hall–Kier alpha value is -1.58. The van der Waals surface area contributed by atoms with Crippen LogP contribution in [0, 0.1) is 26.6 Å². The number of fused-ring (bicyclic) bond motifs is 1. The van der Waals surface area contributed by atoms with Crippen LogP contribution in [-0.2, 0) is 5.75 Å². The number of hydrogen-bond donors (Lipinski definition) is 0. The second-order valence-corrected chi connectivity index (χ2v) is 7.15. The fraction of sp³-hybridized carbons (Fsp3) is 0.211. The van der Waals surface area contributed by atoms with Gasteiger partial charge in [0, 0.05) is 21.7 Å². The molecular weight excluding hydrogens is 329 g/mol. The predicted octanol–water partition coefficient (Wildman–Crippen LogP) is 6.24. The van der Waals surface area contributed by atoms with Gasteiger partial charge < -0.3 is 0 Å². The lowest BCUT2D eigenvalue weighted by atomic mass is 10.0. The van der Waals surface area contributed by atoms with E-state index < -0.39 is 0 Å². The quantitative estimate of drug-likeness (QED) is 0.521. The molecule has 0 atom stereocenters. The molecule has 0 amide bonds. The van der Waals surface area contributed by atoms with Crippen molar-refractivity contribution in [3.63, 3.8) is 0 Å². The van der Waals surface area contributed by atoms with Gasteiger partial charge in [-0.15, -0.1) is 11.8 Å². The summed E-state index contributed by atoms with van der Waals surface area (Å²) in [7, 11) is 0. The molecule has 0 spiro atoms.